The van der Waals surface area contributed by atoms with Gasteiger partial charge in [-0.2, -0.15) is 0 Å². The van der Waals surface area contributed by atoms with Crippen molar-refractivity contribution in [2.75, 3.05) is 0 Å². The standard InChI is InChI=1S/C22H33N9O6/c1-11(2)18(31-19(33)14(23)5-12-7-25-9-27-12)21(35)30-16(6-13-8-26-10-28-13)20(34)29-15(22(36)37)3-4-17(24)32/h7-11,14-16,18H,3-6,23H2,1-2H3,(H2,24,32)(H,25,27)(H,26,28)(H,29,34)(H,30,35)(H,31,33)(H,36,37). The number of nitrogens with one attached hydrogen (secondary N) is 5. The quantitative estimate of drug-likeness (QED) is 0.126. The number of rotatable bonds is 15. The second-order valence-corrected chi connectivity index (χ2v) is 8.86. The smallest absolute Gasteiger partial charge is 0.326 e. The van der Waals surface area contributed by atoms with Gasteiger partial charge in [-0.15, -0.1) is 0 Å². The van der Waals surface area contributed by atoms with Gasteiger partial charge in [-0.3, -0.25) is 19.2 Å². The number of carbonyl (C=O) groups is 5. The van der Waals surface area contributed by atoms with Crippen LogP contribution in [-0.2, 0) is 36.8 Å². The Labute approximate surface area is 212 Å². The van der Waals surface area contributed by atoms with Gasteiger partial charge in [0.25, 0.3) is 0 Å². The molecular formula is C22H33N9O6. The van der Waals surface area contributed by atoms with Crippen molar-refractivity contribution >= 4 is 29.6 Å². The minimum atomic E-state index is -1.40. The molecular weight excluding hydrogens is 486 g/mol. The van der Waals surface area contributed by atoms with Gasteiger partial charge in [-0.25, -0.2) is 14.8 Å². The lowest BCUT2D eigenvalue weighted by molar-refractivity contribution is -0.142. The first-order valence-electron chi connectivity index (χ1n) is 11.6. The highest BCUT2D eigenvalue weighted by Gasteiger charge is 2.32. The van der Waals surface area contributed by atoms with Crippen molar-refractivity contribution in [1.82, 2.24) is 35.9 Å². The molecule has 0 saturated carbocycles. The molecule has 15 nitrogen and oxygen atoms in total. The van der Waals surface area contributed by atoms with E-state index < -0.39 is 53.8 Å². The molecule has 0 aliphatic rings. The third-order valence-corrected chi connectivity index (χ3v) is 5.48. The van der Waals surface area contributed by atoms with Crippen LogP contribution in [0.1, 0.15) is 38.1 Å². The molecule has 0 radical (unpaired) electrons. The maximum atomic E-state index is 13.2. The Morgan fingerprint density at radius 1 is 0.892 bits per heavy atom. The van der Waals surface area contributed by atoms with Crippen LogP contribution in [0.4, 0.5) is 0 Å². The van der Waals surface area contributed by atoms with Gasteiger partial charge in [0.05, 0.1) is 18.7 Å². The van der Waals surface area contributed by atoms with Crippen LogP contribution in [0.5, 0.6) is 0 Å². The predicted molar refractivity (Wildman–Crippen MR) is 129 cm³/mol. The summed E-state index contributed by atoms with van der Waals surface area (Å²) < 4.78 is 0. The Morgan fingerprint density at radius 3 is 1.95 bits per heavy atom. The van der Waals surface area contributed by atoms with Crippen molar-refractivity contribution in [3.05, 3.63) is 36.4 Å². The molecule has 2 aromatic heterocycles. The molecule has 4 atom stereocenters. The summed E-state index contributed by atoms with van der Waals surface area (Å²) in [5.41, 5.74) is 12.2. The lowest BCUT2D eigenvalue weighted by atomic mass is 10.0. The molecule has 0 saturated heterocycles. The first-order chi connectivity index (χ1) is 17.5. The third-order valence-electron chi connectivity index (χ3n) is 5.48. The van der Waals surface area contributed by atoms with Crippen LogP contribution in [-0.4, -0.2) is 78.8 Å². The number of hydrogen-bond acceptors (Lipinski definition) is 8. The van der Waals surface area contributed by atoms with Crippen molar-refractivity contribution < 1.29 is 29.1 Å². The van der Waals surface area contributed by atoms with Crippen molar-refractivity contribution in [3.8, 4) is 0 Å². The fraction of sp³-hybridized carbons (Fsp3) is 0.500. The van der Waals surface area contributed by atoms with Crippen molar-refractivity contribution in [1.29, 1.82) is 0 Å². The fourth-order valence-corrected chi connectivity index (χ4v) is 3.42. The van der Waals surface area contributed by atoms with Crippen LogP contribution in [0.3, 0.4) is 0 Å². The van der Waals surface area contributed by atoms with Crippen LogP contribution in [0.25, 0.3) is 0 Å². The number of hydrogen-bond donors (Lipinski definition) is 8. The van der Waals surface area contributed by atoms with E-state index in [1.54, 1.807) is 13.8 Å². The molecule has 0 spiro atoms. The van der Waals surface area contributed by atoms with E-state index in [4.69, 9.17) is 11.5 Å². The summed E-state index contributed by atoms with van der Waals surface area (Å²) in [5, 5.41) is 16.9. The van der Waals surface area contributed by atoms with Gasteiger partial charge in [0.1, 0.15) is 18.1 Å². The van der Waals surface area contributed by atoms with Crippen LogP contribution in [0.15, 0.2) is 25.0 Å². The zero-order valence-electron chi connectivity index (χ0n) is 20.6. The Morgan fingerprint density at radius 2 is 1.46 bits per heavy atom. The van der Waals surface area contributed by atoms with Gasteiger partial charge in [0.2, 0.25) is 23.6 Å². The van der Waals surface area contributed by atoms with Crippen LogP contribution < -0.4 is 27.4 Å². The van der Waals surface area contributed by atoms with E-state index in [1.165, 1.54) is 25.0 Å². The van der Waals surface area contributed by atoms with Crippen LogP contribution in [0.2, 0.25) is 0 Å². The summed E-state index contributed by atoms with van der Waals surface area (Å²) in [4.78, 5) is 74.9. The molecule has 2 heterocycles. The average molecular weight is 520 g/mol. The Balaban J connectivity index is 2.13. The second kappa shape index (κ2) is 13.7. The molecule has 10 N–H and O–H groups in total. The zero-order chi connectivity index (χ0) is 27.5. The highest BCUT2D eigenvalue weighted by atomic mass is 16.4. The summed E-state index contributed by atoms with van der Waals surface area (Å²) in [5.74, 6) is -4.49. The highest BCUT2D eigenvalue weighted by molar-refractivity contribution is 5.94. The van der Waals surface area contributed by atoms with Gasteiger partial charge < -0.3 is 42.5 Å². The van der Waals surface area contributed by atoms with E-state index in [0.717, 1.165) is 0 Å². The van der Waals surface area contributed by atoms with Gasteiger partial charge in [-0.1, -0.05) is 13.8 Å². The molecule has 15 heteroatoms. The first-order valence-corrected chi connectivity index (χ1v) is 11.6. The normalized spacial score (nSPS) is 14.3. The minimum absolute atomic E-state index is 0.0438. The highest BCUT2D eigenvalue weighted by Crippen LogP contribution is 2.07. The Hall–Kier alpha value is -4.27. The van der Waals surface area contributed by atoms with Crippen molar-refractivity contribution in [2.45, 2.75) is 63.7 Å². The Bertz CT molecular complexity index is 1050. The predicted octanol–water partition coefficient (Wildman–Crippen LogP) is -2.29. The molecule has 4 unspecified atom stereocenters. The van der Waals surface area contributed by atoms with Gasteiger partial charge in [0, 0.05) is 43.0 Å². The fourth-order valence-electron chi connectivity index (χ4n) is 3.42. The van der Waals surface area contributed by atoms with E-state index >= 15 is 0 Å². The van der Waals surface area contributed by atoms with Crippen LogP contribution >= 0.6 is 0 Å². The van der Waals surface area contributed by atoms with Gasteiger partial charge in [0.15, 0.2) is 0 Å². The largest absolute Gasteiger partial charge is 0.480 e. The Kier molecular flexibility index (Phi) is 10.7. The maximum Gasteiger partial charge on any atom is 0.326 e. The number of nitrogens with zero attached hydrogens (tertiary/aromatic N) is 2. The number of primary amides is 1. The first kappa shape index (κ1) is 29.0. The molecule has 0 fully saturated rings. The monoisotopic (exact) mass is 519 g/mol. The van der Waals surface area contributed by atoms with Crippen molar-refractivity contribution in [2.24, 2.45) is 17.4 Å². The SMILES string of the molecule is CC(C)C(NC(=O)C(N)Cc1cnc[nH]1)C(=O)NC(Cc1cnc[nH]1)C(=O)NC(CCC(N)=O)C(=O)O. The third kappa shape index (κ3) is 9.36. The van der Waals surface area contributed by atoms with E-state index in [9.17, 15) is 29.1 Å². The summed E-state index contributed by atoms with van der Waals surface area (Å²) >= 11 is 0. The van der Waals surface area contributed by atoms with Crippen LogP contribution in [0, 0.1) is 5.92 Å². The number of aliphatic carboxylic acids is 1. The minimum Gasteiger partial charge on any atom is -0.480 e. The number of carboxylic acid groups (broad SMARTS) is 1. The number of aromatic amines is 2. The number of amides is 4. The average Bonchev–Trinajstić information content (AvgIpc) is 3.53. The molecule has 0 aliphatic carbocycles. The summed E-state index contributed by atoms with van der Waals surface area (Å²) in [6.07, 6.45) is 5.48. The lowest BCUT2D eigenvalue weighted by Crippen LogP contribution is -2.59. The van der Waals surface area contributed by atoms with E-state index in [-0.39, 0.29) is 31.6 Å². The molecule has 2 rings (SSSR count). The molecule has 4 amide bonds. The maximum absolute atomic E-state index is 13.2. The van der Waals surface area contributed by atoms with E-state index in [2.05, 4.69) is 35.9 Å². The van der Waals surface area contributed by atoms with Gasteiger partial charge in [-0.05, 0) is 12.3 Å². The van der Waals surface area contributed by atoms with E-state index in [0.29, 0.717) is 11.4 Å². The number of nitrogens with two attached hydrogens (primary N) is 2. The topological polar surface area (TPSA) is 251 Å². The number of imidazole rings is 2. The molecule has 2 aromatic rings. The van der Waals surface area contributed by atoms with E-state index in [1.807, 2.05) is 0 Å². The number of aromatic nitrogens is 4. The van der Waals surface area contributed by atoms with Gasteiger partial charge >= 0.3 is 5.97 Å². The summed E-state index contributed by atoms with van der Waals surface area (Å²) in [6, 6.07) is -4.62. The second-order valence-electron chi connectivity index (χ2n) is 8.86. The molecule has 0 bridgehead atoms. The summed E-state index contributed by atoms with van der Waals surface area (Å²) in [7, 11) is 0. The lowest BCUT2D eigenvalue weighted by Gasteiger charge is -2.26. The molecule has 0 aromatic carbocycles. The molecule has 202 valence electrons. The molecule has 37 heavy (non-hydrogen) atoms. The molecule has 0 aliphatic heterocycles. The van der Waals surface area contributed by atoms with Crippen molar-refractivity contribution in [3.63, 3.8) is 0 Å². The number of carboxylic acids is 1. The number of carbonyl (C=O) groups excluding carboxylic acids is 4. The number of H-pyrrole nitrogens is 2. The zero-order valence-corrected chi connectivity index (χ0v) is 20.6. The summed E-state index contributed by atoms with van der Waals surface area (Å²) in [6.45, 7) is 3.42.